The Morgan fingerprint density at radius 3 is 2.92 bits per heavy atom. The molecular formula is C19H22ClN5O. The van der Waals surface area contributed by atoms with Gasteiger partial charge in [0.05, 0.1) is 11.1 Å². The van der Waals surface area contributed by atoms with Crippen LogP contribution in [0.5, 0.6) is 0 Å². The molecule has 4 heterocycles. The smallest absolute Gasteiger partial charge is 0.235 e. The lowest BCUT2D eigenvalue weighted by atomic mass is 9.83. The number of pyridine rings is 2. The van der Waals surface area contributed by atoms with Crippen LogP contribution in [-0.2, 0) is 10.2 Å². The van der Waals surface area contributed by atoms with Crippen LogP contribution in [0.25, 0.3) is 11.3 Å². The van der Waals surface area contributed by atoms with Crippen molar-refractivity contribution in [3.8, 4) is 11.3 Å². The molecule has 0 radical (unpaired) electrons. The molecule has 0 saturated carbocycles. The fraction of sp³-hybridized carbons (Fsp3) is 0.421. The number of halogens is 1. The Bertz CT molecular complexity index is 882. The summed E-state index contributed by atoms with van der Waals surface area (Å²) in [4.78, 5) is 23.8. The Morgan fingerprint density at radius 1 is 1.35 bits per heavy atom. The highest BCUT2D eigenvalue weighted by Crippen LogP contribution is 2.42. The van der Waals surface area contributed by atoms with Crippen LogP contribution in [0, 0.1) is 0 Å². The van der Waals surface area contributed by atoms with Crippen molar-refractivity contribution in [1.82, 2.24) is 15.3 Å². The van der Waals surface area contributed by atoms with Gasteiger partial charge in [-0.1, -0.05) is 11.6 Å². The molecular weight excluding hydrogens is 350 g/mol. The molecule has 0 aromatic carbocycles. The molecule has 1 fully saturated rings. The van der Waals surface area contributed by atoms with Crippen molar-refractivity contribution in [2.75, 3.05) is 29.9 Å². The summed E-state index contributed by atoms with van der Waals surface area (Å²) < 4.78 is 0. The van der Waals surface area contributed by atoms with Gasteiger partial charge in [-0.05, 0) is 39.0 Å². The molecule has 7 heteroatoms. The van der Waals surface area contributed by atoms with E-state index in [0.29, 0.717) is 16.9 Å². The summed E-state index contributed by atoms with van der Waals surface area (Å²) >= 11 is 6.44. The molecule has 26 heavy (non-hydrogen) atoms. The molecule has 1 saturated heterocycles. The highest BCUT2D eigenvalue weighted by atomic mass is 35.5. The molecule has 6 nitrogen and oxygen atoms in total. The number of rotatable bonds is 2. The van der Waals surface area contributed by atoms with Crippen LogP contribution in [0.1, 0.15) is 26.3 Å². The van der Waals surface area contributed by atoms with Crippen molar-refractivity contribution in [3.63, 3.8) is 0 Å². The van der Waals surface area contributed by atoms with E-state index in [2.05, 4.69) is 27.4 Å². The fourth-order valence-corrected chi connectivity index (χ4v) is 3.93. The van der Waals surface area contributed by atoms with E-state index in [4.69, 9.17) is 16.6 Å². The van der Waals surface area contributed by atoms with Gasteiger partial charge < -0.3 is 15.5 Å². The molecule has 1 atom stereocenters. The Hall–Kier alpha value is -2.18. The standard InChI is InChI=1S/C19H22ClN5O/c1-11-10-21-6-7-25(11)15-9-12(20)8-14(23-15)13-4-5-22-17-16(13)19(2,3)18(26)24-17/h4-5,8-9,11,21H,6-7,10H2,1-3H3,(H,22,24,26)/t11-/m1/s1. The molecule has 0 spiro atoms. The van der Waals surface area contributed by atoms with Gasteiger partial charge in [-0.15, -0.1) is 0 Å². The summed E-state index contributed by atoms with van der Waals surface area (Å²) in [6.07, 6.45) is 1.70. The first kappa shape index (κ1) is 17.2. The van der Waals surface area contributed by atoms with Crippen molar-refractivity contribution in [2.45, 2.75) is 32.2 Å². The van der Waals surface area contributed by atoms with Gasteiger partial charge in [0.15, 0.2) is 0 Å². The highest BCUT2D eigenvalue weighted by molar-refractivity contribution is 6.31. The number of carbonyl (C=O) groups excluding carboxylic acids is 1. The largest absolute Gasteiger partial charge is 0.351 e. The number of hydrogen-bond donors (Lipinski definition) is 2. The number of anilines is 2. The molecule has 2 aliphatic heterocycles. The van der Waals surface area contributed by atoms with Crippen molar-refractivity contribution >= 4 is 29.1 Å². The Labute approximate surface area is 158 Å². The van der Waals surface area contributed by atoms with E-state index in [-0.39, 0.29) is 5.91 Å². The predicted octanol–water partition coefficient (Wildman–Crippen LogP) is 2.82. The zero-order valence-corrected chi connectivity index (χ0v) is 15.9. The van der Waals surface area contributed by atoms with Crippen LogP contribution in [0.15, 0.2) is 24.4 Å². The minimum atomic E-state index is -0.661. The van der Waals surface area contributed by atoms with E-state index in [1.165, 1.54) is 0 Å². The second-order valence-corrected chi connectivity index (χ2v) is 7.87. The van der Waals surface area contributed by atoms with Crippen LogP contribution in [-0.4, -0.2) is 41.6 Å². The molecule has 2 N–H and O–H groups in total. The summed E-state index contributed by atoms with van der Waals surface area (Å²) in [7, 11) is 0. The van der Waals surface area contributed by atoms with E-state index < -0.39 is 5.41 Å². The Morgan fingerprint density at radius 2 is 2.15 bits per heavy atom. The summed E-state index contributed by atoms with van der Waals surface area (Å²) in [6.45, 7) is 8.70. The lowest BCUT2D eigenvalue weighted by Crippen LogP contribution is -2.50. The zero-order valence-electron chi connectivity index (χ0n) is 15.1. The number of amides is 1. The minimum Gasteiger partial charge on any atom is -0.351 e. The maximum Gasteiger partial charge on any atom is 0.235 e. The normalized spacial score (nSPS) is 21.5. The van der Waals surface area contributed by atoms with Gasteiger partial charge >= 0.3 is 0 Å². The summed E-state index contributed by atoms with van der Waals surface area (Å²) in [5, 5.41) is 6.89. The first-order valence-corrected chi connectivity index (χ1v) is 9.22. The maximum absolute atomic E-state index is 12.3. The van der Waals surface area contributed by atoms with Crippen LogP contribution < -0.4 is 15.5 Å². The van der Waals surface area contributed by atoms with Gasteiger partial charge in [0.1, 0.15) is 11.6 Å². The SMILES string of the molecule is C[C@@H]1CNCCN1c1cc(Cl)cc(-c2ccnc3c2C(C)(C)C(=O)N3)n1. The predicted molar refractivity (Wildman–Crippen MR) is 104 cm³/mol. The Balaban J connectivity index is 1.84. The van der Waals surface area contributed by atoms with E-state index in [1.807, 2.05) is 32.0 Å². The monoisotopic (exact) mass is 371 g/mol. The number of nitrogens with zero attached hydrogens (tertiary/aromatic N) is 3. The van der Waals surface area contributed by atoms with Gasteiger partial charge in [0.25, 0.3) is 0 Å². The van der Waals surface area contributed by atoms with Crippen molar-refractivity contribution in [1.29, 1.82) is 0 Å². The third kappa shape index (κ3) is 2.73. The Kier molecular flexibility index (Phi) is 4.12. The maximum atomic E-state index is 12.3. The van der Waals surface area contributed by atoms with Crippen molar-refractivity contribution in [3.05, 3.63) is 35.0 Å². The lowest BCUT2D eigenvalue weighted by Gasteiger charge is -2.35. The fourth-order valence-electron chi connectivity index (χ4n) is 3.73. The van der Waals surface area contributed by atoms with E-state index in [0.717, 1.165) is 42.3 Å². The average molecular weight is 372 g/mol. The quantitative estimate of drug-likeness (QED) is 0.849. The molecule has 0 aliphatic carbocycles. The number of fused-ring (bicyclic) bond motifs is 1. The van der Waals surface area contributed by atoms with Gasteiger partial charge in [-0.25, -0.2) is 9.97 Å². The van der Waals surface area contributed by atoms with Crippen LogP contribution in [0.3, 0.4) is 0 Å². The number of carbonyl (C=O) groups is 1. The number of piperazine rings is 1. The van der Waals surface area contributed by atoms with E-state index in [1.54, 1.807) is 6.20 Å². The summed E-state index contributed by atoms with van der Waals surface area (Å²) in [5.74, 6) is 1.42. The topological polar surface area (TPSA) is 70.2 Å². The third-order valence-corrected chi connectivity index (χ3v) is 5.44. The summed E-state index contributed by atoms with van der Waals surface area (Å²) in [5.41, 5.74) is 1.87. The molecule has 2 aromatic rings. The number of hydrogen-bond acceptors (Lipinski definition) is 5. The molecule has 136 valence electrons. The van der Waals surface area contributed by atoms with Crippen LogP contribution in [0.2, 0.25) is 5.02 Å². The first-order valence-electron chi connectivity index (χ1n) is 8.84. The van der Waals surface area contributed by atoms with Gasteiger partial charge in [0, 0.05) is 48.0 Å². The lowest BCUT2D eigenvalue weighted by molar-refractivity contribution is -0.119. The molecule has 2 aliphatic rings. The molecule has 2 aromatic heterocycles. The van der Waals surface area contributed by atoms with Crippen LogP contribution in [0.4, 0.5) is 11.6 Å². The number of aromatic nitrogens is 2. The van der Waals surface area contributed by atoms with Gasteiger partial charge in [-0.3, -0.25) is 4.79 Å². The van der Waals surface area contributed by atoms with E-state index >= 15 is 0 Å². The van der Waals surface area contributed by atoms with Crippen LogP contribution >= 0.6 is 11.6 Å². The minimum absolute atomic E-state index is 0.0505. The second-order valence-electron chi connectivity index (χ2n) is 7.44. The van der Waals surface area contributed by atoms with Gasteiger partial charge in [-0.2, -0.15) is 0 Å². The molecule has 0 bridgehead atoms. The van der Waals surface area contributed by atoms with Crippen molar-refractivity contribution in [2.24, 2.45) is 0 Å². The molecule has 0 unspecified atom stereocenters. The average Bonchev–Trinajstić information content (AvgIpc) is 2.84. The van der Waals surface area contributed by atoms with E-state index in [9.17, 15) is 4.79 Å². The number of nitrogens with one attached hydrogen (secondary N) is 2. The highest BCUT2D eigenvalue weighted by Gasteiger charge is 2.41. The molecule has 4 rings (SSSR count). The molecule has 1 amide bonds. The zero-order chi connectivity index (χ0) is 18.5. The third-order valence-electron chi connectivity index (χ3n) is 5.22. The van der Waals surface area contributed by atoms with Crippen molar-refractivity contribution < 1.29 is 4.79 Å². The first-order chi connectivity index (χ1) is 12.4. The van der Waals surface area contributed by atoms with Gasteiger partial charge in [0.2, 0.25) is 5.91 Å². The summed E-state index contributed by atoms with van der Waals surface area (Å²) in [6, 6.07) is 6.00. The second kappa shape index (κ2) is 6.21.